The summed E-state index contributed by atoms with van der Waals surface area (Å²) >= 11 is 3.51. The third-order valence-corrected chi connectivity index (χ3v) is 7.34. The highest BCUT2D eigenvalue weighted by molar-refractivity contribution is 7.18. The fourth-order valence-corrected chi connectivity index (χ4v) is 5.55. The number of quaternary nitrogens is 1. The molecule has 2 fully saturated rings. The zero-order valence-electron chi connectivity index (χ0n) is 15.5. The van der Waals surface area contributed by atoms with E-state index in [-0.39, 0.29) is 0 Å². The monoisotopic (exact) mass is 401 g/mol. The lowest BCUT2D eigenvalue weighted by molar-refractivity contribution is -0.922. The van der Waals surface area contributed by atoms with E-state index in [4.69, 9.17) is 14.7 Å². The van der Waals surface area contributed by atoms with Crippen LogP contribution in [0.4, 0.5) is 5.82 Å². The summed E-state index contributed by atoms with van der Waals surface area (Å²) in [5, 5.41) is 9.30. The first-order chi connectivity index (χ1) is 13.3. The van der Waals surface area contributed by atoms with Gasteiger partial charge in [0.1, 0.15) is 30.3 Å². The van der Waals surface area contributed by atoms with Gasteiger partial charge in [-0.1, -0.05) is 6.07 Å². The van der Waals surface area contributed by atoms with Crippen LogP contribution in [0.1, 0.15) is 25.6 Å². The lowest BCUT2D eigenvalue weighted by Crippen LogP contribution is -3.12. The van der Waals surface area contributed by atoms with Gasteiger partial charge in [-0.15, -0.1) is 22.7 Å². The standard InChI is InChI=1S/C20H24N4OS2/c1-13(14-4-5-14)21-19-18-15(16-3-2-10-26-16)12-27-20(18)23-17(22-19)11-24-6-8-25-9-7-24/h2-3,10,12-14H,4-9,11H2,1H3,(H,21,22,23)/p+1/t13-/m0/s1. The van der Waals surface area contributed by atoms with Gasteiger partial charge < -0.3 is 15.0 Å². The summed E-state index contributed by atoms with van der Waals surface area (Å²) in [6.07, 6.45) is 2.66. The summed E-state index contributed by atoms with van der Waals surface area (Å²) < 4.78 is 5.49. The van der Waals surface area contributed by atoms with Crippen molar-refractivity contribution in [1.29, 1.82) is 0 Å². The molecular formula is C20H25N4OS2+. The number of fused-ring (bicyclic) bond motifs is 1. The Morgan fingerprint density at radius 2 is 2.11 bits per heavy atom. The Bertz CT molecular complexity index is 914. The van der Waals surface area contributed by atoms with Gasteiger partial charge in [0.25, 0.3) is 0 Å². The van der Waals surface area contributed by atoms with E-state index in [1.54, 1.807) is 22.7 Å². The molecule has 0 unspecified atom stereocenters. The van der Waals surface area contributed by atoms with Gasteiger partial charge in [0, 0.05) is 21.9 Å². The number of rotatable bonds is 6. The highest BCUT2D eigenvalue weighted by Crippen LogP contribution is 2.40. The normalized spacial score (nSPS) is 19.4. The number of nitrogens with zero attached hydrogens (tertiary/aromatic N) is 2. The molecule has 2 N–H and O–H groups in total. The summed E-state index contributed by atoms with van der Waals surface area (Å²) in [5.74, 6) is 2.75. The SMILES string of the molecule is C[C@H](Nc1nc(C[NH+]2CCOCC2)nc2scc(-c3cccs3)c12)C1CC1. The summed E-state index contributed by atoms with van der Waals surface area (Å²) in [4.78, 5) is 13.9. The molecule has 1 aliphatic heterocycles. The fourth-order valence-electron chi connectivity index (χ4n) is 3.77. The summed E-state index contributed by atoms with van der Waals surface area (Å²) in [7, 11) is 0. The van der Waals surface area contributed by atoms with Gasteiger partial charge in [-0.25, -0.2) is 9.97 Å². The minimum Gasteiger partial charge on any atom is -0.370 e. The van der Waals surface area contributed by atoms with Crippen LogP contribution in [-0.4, -0.2) is 42.3 Å². The summed E-state index contributed by atoms with van der Waals surface area (Å²) in [5.41, 5.74) is 1.26. The molecule has 142 valence electrons. The van der Waals surface area contributed by atoms with E-state index < -0.39 is 0 Å². The lowest BCUT2D eigenvalue weighted by Gasteiger charge is -2.23. The maximum absolute atomic E-state index is 5.49. The second-order valence-electron chi connectivity index (χ2n) is 7.60. The van der Waals surface area contributed by atoms with Crippen LogP contribution in [0.2, 0.25) is 0 Å². The Morgan fingerprint density at radius 1 is 1.26 bits per heavy atom. The van der Waals surface area contributed by atoms with Gasteiger partial charge in [0.2, 0.25) is 0 Å². The van der Waals surface area contributed by atoms with E-state index >= 15 is 0 Å². The topological polar surface area (TPSA) is 51.5 Å². The molecule has 5 rings (SSSR count). The van der Waals surface area contributed by atoms with E-state index in [2.05, 4.69) is 35.1 Å². The van der Waals surface area contributed by atoms with Gasteiger partial charge in [-0.05, 0) is 37.1 Å². The minimum atomic E-state index is 0.461. The molecular weight excluding hydrogens is 376 g/mol. The van der Waals surface area contributed by atoms with Crippen molar-refractivity contribution >= 4 is 38.7 Å². The van der Waals surface area contributed by atoms with Crippen LogP contribution in [-0.2, 0) is 11.3 Å². The van der Waals surface area contributed by atoms with Gasteiger partial charge in [0.05, 0.1) is 18.6 Å². The van der Waals surface area contributed by atoms with Crippen LogP contribution < -0.4 is 10.2 Å². The predicted octanol–water partition coefficient (Wildman–Crippen LogP) is 3.05. The fraction of sp³-hybridized carbons (Fsp3) is 0.500. The molecule has 0 amide bonds. The van der Waals surface area contributed by atoms with Crippen LogP contribution in [0.3, 0.4) is 0 Å². The van der Waals surface area contributed by atoms with Crippen molar-refractivity contribution in [3.05, 3.63) is 28.7 Å². The average molecular weight is 402 g/mol. The first-order valence-corrected chi connectivity index (χ1v) is 11.5. The number of ether oxygens (including phenoxy) is 1. The smallest absolute Gasteiger partial charge is 0.187 e. The Morgan fingerprint density at radius 3 is 2.85 bits per heavy atom. The quantitative estimate of drug-likeness (QED) is 0.667. The zero-order chi connectivity index (χ0) is 18.2. The van der Waals surface area contributed by atoms with Crippen LogP contribution >= 0.6 is 22.7 Å². The number of anilines is 1. The molecule has 1 saturated heterocycles. The van der Waals surface area contributed by atoms with Crippen molar-refractivity contribution < 1.29 is 9.64 Å². The molecule has 4 heterocycles. The van der Waals surface area contributed by atoms with Crippen molar-refractivity contribution in [2.45, 2.75) is 32.4 Å². The zero-order valence-corrected chi connectivity index (χ0v) is 17.2. The van der Waals surface area contributed by atoms with E-state index in [0.717, 1.165) is 55.2 Å². The second kappa shape index (κ2) is 7.47. The maximum atomic E-state index is 5.49. The largest absolute Gasteiger partial charge is 0.370 e. The van der Waals surface area contributed by atoms with E-state index in [1.807, 2.05) is 0 Å². The van der Waals surface area contributed by atoms with Crippen molar-refractivity contribution in [2.75, 3.05) is 31.6 Å². The first-order valence-electron chi connectivity index (χ1n) is 9.78. The highest BCUT2D eigenvalue weighted by atomic mass is 32.1. The summed E-state index contributed by atoms with van der Waals surface area (Å²) in [6.45, 7) is 6.90. The molecule has 3 aromatic heterocycles. The Hall–Kier alpha value is -1.54. The van der Waals surface area contributed by atoms with Crippen molar-refractivity contribution in [3.63, 3.8) is 0 Å². The second-order valence-corrected chi connectivity index (χ2v) is 9.41. The van der Waals surface area contributed by atoms with Crippen LogP contribution in [0.15, 0.2) is 22.9 Å². The molecule has 7 heteroatoms. The molecule has 1 aliphatic carbocycles. The molecule has 3 aromatic rings. The van der Waals surface area contributed by atoms with E-state index in [1.165, 1.54) is 33.6 Å². The van der Waals surface area contributed by atoms with Gasteiger partial charge in [-0.2, -0.15) is 0 Å². The highest BCUT2D eigenvalue weighted by Gasteiger charge is 2.29. The Labute approximate surface area is 167 Å². The third kappa shape index (κ3) is 3.74. The van der Waals surface area contributed by atoms with Crippen molar-refractivity contribution in [2.24, 2.45) is 5.92 Å². The number of morpholine rings is 1. The average Bonchev–Trinajstić information content (AvgIpc) is 3.22. The number of hydrogen-bond donors (Lipinski definition) is 2. The number of thiophene rings is 2. The Balaban J connectivity index is 1.53. The van der Waals surface area contributed by atoms with Crippen molar-refractivity contribution in [1.82, 2.24) is 9.97 Å². The molecule has 0 bridgehead atoms. The predicted molar refractivity (Wildman–Crippen MR) is 112 cm³/mol. The van der Waals surface area contributed by atoms with Crippen LogP contribution in [0.25, 0.3) is 20.7 Å². The molecule has 1 atom stereocenters. The first kappa shape index (κ1) is 17.6. The number of hydrogen-bond acceptors (Lipinski definition) is 6. The third-order valence-electron chi connectivity index (χ3n) is 5.57. The van der Waals surface area contributed by atoms with Crippen molar-refractivity contribution in [3.8, 4) is 10.4 Å². The molecule has 27 heavy (non-hydrogen) atoms. The van der Waals surface area contributed by atoms with Crippen LogP contribution in [0, 0.1) is 5.92 Å². The minimum absolute atomic E-state index is 0.461. The Kier molecular flexibility index (Phi) is 4.85. The van der Waals surface area contributed by atoms with Crippen LogP contribution in [0.5, 0.6) is 0 Å². The molecule has 1 saturated carbocycles. The van der Waals surface area contributed by atoms with Gasteiger partial charge in [-0.3, -0.25) is 0 Å². The molecule has 0 spiro atoms. The van der Waals surface area contributed by atoms with Gasteiger partial charge >= 0.3 is 0 Å². The summed E-state index contributed by atoms with van der Waals surface area (Å²) in [6, 6.07) is 4.76. The molecule has 0 aromatic carbocycles. The number of aromatic nitrogens is 2. The maximum Gasteiger partial charge on any atom is 0.187 e. The molecule has 0 radical (unpaired) electrons. The van der Waals surface area contributed by atoms with E-state index in [0.29, 0.717) is 6.04 Å². The number of nitrogens with one attached hydrogen (secondary N) is 2. The molecule has 5 nitrogen and oxygen atoms in total. The van der Waals surface area contributed by atoms with E-state index in [9.17, 15) is 0 Å². The lowest BCUT2D eigenvalue weighted by atomic mass is 10.1. The molecule has 2 aliphatic rings. The van der Waals surface area contributed by atoms with Gasteiger partial charge in [0.15, 0.2) is 5.82 Å².